The van der Waals surface area contributed by atoms with Crippen molar-refractivity contribution < 1.29 is 32.7 Å². The first-order valence-corrected chi connectivity index (χ1v) is 1.98. The maximum Gasteiger partial charge on any atom is 0 e. The van der Waals surface area contributed by atoms with Crippen LogP contribution in [0.3, 0.4) is 0 Å². The molecule has 0 aliphatic carbocycles. The molecule has 0 saturated carbocycles. The van der Waals surface area contributed by atoms with E-state index in [-0.39, 0.29) is 37.8 Å². The smallest absolute Gasteiger partial charge is 0 e. The predicted molar refractivity (Wildman–Crippen MR) is 30.6 cm³/mol. The molecule has 0 saturated heterocycles. The van der Waals surface area contributed by atoms with Gasteiger partial charge in [-0.05, 0) is 5.11 Å². The summed E-state index contributed by atoms with van der Waals surface area (Å²) in [6, 6.07) is 0. The van der Waals surface area contributed by atoms with E-state index in [0.29, 0.717) is 0 Å². The third-order valence-corrected chi connectivity index (χ3v) is 0.771. The average Bonchev–Trinajstić information content (AvgIpc) is 1.36. The Morgan fingerprint density at radius 3 is 1.71 bits per heavy atom. The van der Waals surface area contributed by atoms with Crippen LogP contribution in [0, 0.1) is 0 Å². The molecule has 39 valence electrons. The van der Waals surface area contributed by atoms with Crippen molar-refractivity contribution in [2.45, 2.75) is 0 Å². The fourth-order valence-corrected chi connectivity index (χ4v) is 0. The Bertz CT molecular complexity index is 64.0. The molecular formula is C3H7N2SY-. The molecule has 0 fully saturated rings. The molecule has 0 aliphatic rings. The standard InChI is InChI=1S/C3H8N2S.Y/c1-5(2)3(4)6;/h1-2H3,(H2,4,6);/p-1. The van der Waals surface area contributed by atoms with Crippen LogP contribution in [0.25, 0.3) is 5.73 Å². The van der Waals surface area contributed by atoms with Crippen LogP contribution in [0.2, 0.25) is 0 Å². The van der Waals surface area contributed by atoms with E-state index in [1.165, 1.54) is 0 Å². The molecule has 2 nitrogen and oxygen atoms in total. The molecule has 0 bridgehead atoms. The first-order valence-electron chi connectivity index (χ1n) is 1.57. The van der Waals surface area contributed by atoms with Crippen LogP contribution in [0.1, 0.15) is 0 Å². The van der Waals surface area contributed by atoms with Crippen LogP contribution in [0.5, 0.6) is 0 Å². The van der Waals surface area contributed by atoms with Crippen LogP contribution < -0.4 is 0 Å². The second-order valence-electron chi connectivity index (χ2n) is 1.20. The van der Waals surface area contributed by atoms with Crippen molar-refractivity contribution in [3.05, 3.63) is 5.73 Å². The zero-order valence-corrected chi connectivity index (χ0v) is 8.09. The Labute approximate surface area is 74.3 Å². The number of nitrogens with zero attached hydrogens (tertiary/aromatic N) is 1. The van der Waals surface area contributed by atoms with Crippen molar-refractivity contribution in [2.24, 2.45) is 0 Å². The molecule has 0 spiro atoms. The maximum atomic E-state index is 6.69. The Hall–Kier alpha value is 0.794. The van der Waals surface area contributed by atoms with Crippen LogP contribution in [0.4, 0.5) is 0 Å². The van der Waals surface area contributed by atoms with Gasteiger partial charge in [-0.1, -0.05) is 26.3 Å². The molecule has 0 amide bonds. The molecule has 0 rings (SSSR count). The molecule has 1 radical (unpaired) electrons. The monoisotopic (exact) mass is 192 g/mol. The Balaban J connectivity index is 0. The van der Waals surface area contributed by atoms with Gasteiger partial charge >= 0.3 is 0 Å². The van der Waals surface area contributed by atoms with E-state index in [9.17, 15) is 0 Å². The fraction of sp³-hybridized carbons (Fsp3) is 0.667. The van der Waals surface area contributed by atoms with Gasteiger partial charge in [-0.25, -0.2) is 0 Å². The molecule has 0 atom stereocenters. The molecule has 0 aromatic rings. The minimum Gasteiger partial charge on any atom is -0.473 e. The van der Waals surface area contributed by atoms with Crippen molar-refractivity contribution in [3.63, 3.8) is 0 Å². The van der Waals surface area contributed by atoms with Gasteiger partial charge in [0.15, 0.2) is 0 Å². The molecular weight excluding hydrogens is 185 g/mol. The number of hydrogen-bond donors (Lipinski definition) is 0. The number of rotatable bonds is 0. The maximum absolute atomic E-state index is 6.69. The molecule has 1 N–H and O–H groups in total. The first kappa shape index (κ1) is 10.7. The summed E-state index contributed by atoms with van der Waals surface area (Å²) >= 11 is 4.41. The summed E-state index contributed by atoms with van der Waals surface area (Å²) in [6.07, 6.45) is 0. The van der Waals surface area contributed by atoms with Gasteiger partial charge in [-0.3, -0.25) is 0 Å². The van der Waals surface area contributed by atoms with Crippen LogP contribution in [-0.2, 0) is 32.7 Å². The largest absolute Gasteiger partial charge is 0.473 e. The quantitative estimate of drug-likeness (QED) is 0.533. The molecule has 4 heteroatoms. The first-order chi connectivity index (χ1) is 2.64. The third kappa shape index (κ3) is 6.79. The average molecular weight is 192 g/mol. The topological polar surface area (TPSA) is 27.0 Å². The molecule has 0 aromatic carbocycles. The van der Waals surface area contributed by atoms with Crippen LogP contribution >= 0.6 is 12.2 Å². The molecule has 0 unspecified atom stereocenters. The molecule has 7 heavy (non-hydrogen) atoms. The summed E-state index contributed by atoms with van der Waals surface area (Å²) in [5, 5.41) is 0.176. The van der Waals surface area contributed by atoms with Crippen molar-refractivity contribution in [1.82, 2.24) is 4.90 Å². The van der Waals surface area contributed by atoms with Gasteiger partial charge < -0.3 is 10.6 Å². The van der Waals surface area contributed by atoms with E-state index >= 15 is 0 Å². The zero-order valence-electron chi connectivity index (χ0n) is 4.43. The van der Waals surface area contributed by atoms with E-state index in [1.807, 2.05) is 0 Å². The second-order valence-corrected chi connectivity index (χ2v) is 1.59. The molecule has 0 heterocycles. The molecule has 0 aromatic heterocycles. The van der Waals surface area contributed by atoms with Gasteiger partial charge in [-0.15, -0.1) is 0 Å². The van der Waals surface area contributed by atoms with Gasteiger partial charge in [-0.2, -0.15) is 0 Å². The van der Waals surface area contributed by atoms with Gasteiger partial charge in [0.25, 0.3) is 0 Å². The van der Waals surface area contributed by atoms with E-state index in [0.717, 1.165) is 0 Å². The van der Waals surface area contributed by atoms with E-state index < -0.39 is 0 Å². The second kappa shape index (κ2) is 4.94. The number of thiocarbonyl (C=S) groups is 1. The van der Waals surface area contributed by atoms with E-state index in [1.54, 1.807) is 19.0 Å². The van der Waals surface area contributed by atoms with Gasteiger partial charge in [0.2, 0.25) is 0 Å². The number of nitrogens with one attached hydrogen (secondary N) is 1. The summed E-state index contributed by atoms with van der Waals surface area (Å²) in [5.41, 5.74) is 6.69. The minimum atomic E-state index is 0. The van der Waals surface area contributed by atoms with Crippen molar-refractivity contribution in [3.8, 4) is 0 Å². The summed E-state index contributed by atoms with van der Waals surface area (Å²) < 4.78 is 0. The molecule has 0 aliphatic heterocycles. The zero-order chi connectivity index (χ0) is 5.15. The number of hydrogen-bond acceptors (Lipinski definition) is 1. The van der Waals surface area contributed by atoms with Gasteiger partial charge in [0, 0.05) is 32.7 Å². The Morgan fingerprint density at radius 1 is 1.57 bits per heavy atom. The van der Waals surface area contributed by atoms with E-state index in [2.05, 4.69) is 12.2 Å². The summed E-state index contributed by atoms with van der Waals surface area (Å²) in [7, 11) is 3.49. The van der Waals surface area contributed by atoms with Crippen molar-refractivity contribution in [2.75, 3.05) is 14.1 Å². The van der Waals surface area contributed by atoms with Crippen LogP contribution in [0.15, 0.2) is 0 Å². The summed E-state index contributed by atoms with van der Waals surface area (Å²) in [5.74, 6) is 0. The van der Waals surface area contributed by atoms with Crippen molar-refractivity contribution in [1.29, 1.82) is 0 Å². The van der Waals surface area contributed by atoms with Gasteiger partial charge in [0.05, 0.1) is 0 Å². The SMILES string of the molecule is CN(C)C([NH-])=S.[Y]. The Morgan fingerprint density at radius 2 is 1.71 bits per heavy atom. The predicted octanol–water partition coefficient (Wildman–Crippen LogP) is 0.883. The normalized spacial score (nSPS) is 6.57. The Kier molecular flexibility index (Phi) is 7.56. The summed E-state index contributed by atoms with van der Waals surface area (Å²) in [4.78, 5) is 1.56. The van der Waals surface area contributed by atoms with Crippen LogP contribution in [-0.4, -0.2) is 24.1 Å². The third-order valence-electron chi connectivity index (χ3n) is 0.406. The van der Waals surface area contributed by atoms with Crippen molar-refractivity contribution >= 4 is 17.3 Å². The fourth-order valence-electron chi connectivity index (χ4n) is 0. The van der Waals surface area contributed by atoms with Gasteiger partial charge in [0.1, 0.15) is 0 Å². The summed E-state index contributed by atoms with van der Waals surface area (Å²) in [6.45, 7) is 0. The minimum absolute atomic E-state index is 0. The van der Waals surface area contributed by atoms with E-state index in [4.69, 9.17) is 5.73 Å².